The van der Waals surface area contributed by atoms with E-state index < -0.39 is 0 Å². The molecule has 0 aliphatic heterocycles. The van der Waals surface area contributed by atoms with E-state index in [-0.39, 0.29) is 0 Å². The molecule has 0 atom stereocenters. The van der Waals surface area contributed by atoms with Gasteiger partial charge in [0.05, 0.1) is 5.01 Å². The van der Waals surface area contributed by atoms with Crippen molar-refractivity contribution in [1.29, 1.82) is 0 Å². The Hall–Kier alpha value is -0.370. The molecule has 1 saturated carbocycles. The Kier molecular flexibility index (Phi) is 1.49. The molecule has 0 aromatic carbocycles. The highest BCUT2D eigenvalue weighted by Crippen LogP contribution is 2.36. The molecule has 0 spiro atoms. The van der Waals surface area contributed by atoms with E-state index in [0.717, 1.165) is 0 Å². The van der Waals surface area contributed by atoms with Gasteiger partial charge in [0.1, 0.15) is 0 Å². The molecule has 1 heterocycles. The van der Waals surface area contributed by atoms with Crippen molar-refractivity contribution in [2.75, 3.05) is 0 Å². The van der Waals surface area contributed by atoms with E-state index in [1.54, 1.807) is 17.3 Å². The average molecular weight is 152 g/mol. The van der Waals surface area contributed by atoms with Crippen LogP contribution in [0.1, 0.15) is 30.0 Å². The van der Waals surface area contributed by atoms with Crippen LogP contribution in [0.3, 0.4) is 0 Å². The van der Waals surface area contributed by atoms with Crippen molar-refractivity contribution in [3.8, 4) is 0 Å². The molecule has 1 aliphatic rings. The van der Waals surface area contributed by atoms with E-state index in [1.807, 2.05) is 0 Å². The van der Waals surface area contributed by atoms with Crippen LogP contribution in [-0.2, 0) is 0 Å². The molecule has 53 valence electrons. The van der Waals surface area contributed by atoms with Crippen LogP contribution in [0.4, 0.5) is 0 Å². The number of nitrogens with zero attached hydrogens (tertiary/aromatic N) is 1. The van der Waals surface area contributed by atoms with E-state index in [4.69, 9.17) is 0 Å². The zero-order valence-electron chi connectivity index (χ0n) is 6.05. The van der Waals surface area contributed by atoms with Crippen LogP contribution in [0, 0.1) is 12.8 Å². The first-order valence-corrected chi connectivity index (χ1v) is 4.51. The van der Waals surface area contributed by atoms with E-state index >= 15 is 0 Å². The van der Waals surface area contributed by atoms with Crippen molar-refractivity contribution in [3.63, 3.8) is 0 Å². The summed E-state index contributed by atoms with van der Waals surface area (Å²) in [6.45, 7) is 2.05. The summed E-state index contributed by atoms with van der Waals surface area (Å²) in [7, 11) is 0. The van der Waals surface area contributed by atoms with Gasteiger partial charge >= 0.3 is 0 Å². The summed E-state index contributed by atoms with van der Waals surface area (Å²) in [5.41, 5.74) is 1.17. The lowest BCUT2D eigenvalue weighted by molar-refractivity contribution is 0.575. The van der Waals surface area contributed by atoms with Crippen LogP contribution in [0.2, 0.25) is 0 Å². The number of aryl methyl sites for hydroxylation is 1. The number of aromatic nitrogens is 1. The summed E-state index contributed by atoms with van der Waals surface area (Å²) in [5, 5.41) is 3.41. The Balaban J connectivity index is 2.17. The molecular formula is C8H10NS. The lowest BCUT2D eigenvalue weighted by Crippen LogP contribution is -2.09. The minimum absolute atomic E-state index is 1.17. The predicted molar refractivity (Wildman–Crippen MR) is 43.0 cm³/mol. The predicted octanol–water partition coefficient (Wildman–Crippen LogP) is 2.56. The van der Waals surface area contributed by atoms with Crippen molar-refractivity contribution >= 4 is 11.3 Å². The number of rotatable bonds is 1. The molecule has 0 bridgehead atoms. The minimum Gasteiger partial charge on any atom is -0.246 e. The fourth-order valence-corrected chi connectivity index (χ4v) is 1.99. The topological polar surface area (TPSA) is 12.9 Å². The lowest BCUT2D eigenvalue weighted by atomic mass is 9.86. The molecule has 1 aromatic rings. The Morgan fingerprint density at radius 2 is 2.30 bits per heavy atom. The fourth-order valence-electron chi connectivity index (χ4n) is 1.08. The molecule has 10 heavy (non-hydrogen) atoms. The summed E-state index contributed by atoms with van der Waals surface area (Å²) in [6, 6.07) is 0. The van der Waals surface area contributed by atoms with Gasteiger partial charge in [0.25, 0.3) is 0 Å². The summed E-state index contributed by atoms with van der Waals surface area (Å²) in [5.74, 6) is 1.57. The summed E-state index contributed by atoms with van der Waals surface area (Å²) in [6.07, 6.45) is 3.94. The van der Waals surface area contributed by atoms with Gasteiger partial charge in [-0.15, -0.1) is 11.3 Å². The quantitative estimate of drug-likeness (QED) is 0.602. The molecule has 1 radical (unpaired) electrons. The van der Waals surface area contributed by atoms with Crippen molar-refractivity contribution < 1.29 is 0 Å². The monoisotopic (exact) mass is 152 g/mol. The first-order valence-electron chi connectivity index (χ1n) is 3.63. The fraction of sp³-hybridized carbons (Fsp3) is 0.500. The van der Waals surface area contributed by atoms with Gasteiger partial charge in [0.2, 0.25) is 0 Å². The smallest absolute Gasteiger partial charge is 0.0999 e. The summed E-state index contributed by atoms with van der Waals surface area (Å²) in [4.78, 5) is 4.41. The van der Waals surface area contributed by atoms with Gasteiger partial charge in [-0.2, -0.15) is 0 Å². The summed E-state index contributed by atoms with van der Waals surface area (Å²) >= 11 is 1.79. The standard InChI is InChI=1S/C8H10NS/c1-6-5-10-8(9-6)7-3-2-4-7/h5H,2-4H2,1H3. The second-order valence-electron chi connectivity index (χ2n) is 2.75. The van der Waals surface area contributed by atoms with Gasteiger partial charge in [-0.25, -0.2) is 4.98 Å². The van der Waals surface area contributed by atoms with Gasteiger partial charge in [-0.1, -0.05) is 6.42 Å². The maximum atomic E-state index is 4.41. The Morgan fingerprint density at radius 1 is 1.50 bits per heavy atom. The van der Waals surface area contributed by atoms with Crippen LogP contribution < -0.4 is 0 Å². The maximum Gasteiger partial charge on any atom is 0.0999 e. The average Bonchev–Trinajstić information content (AvgIpc) is 2.10. The lowest BCUT2D eigenvalue weighted by Gasteiger charge is -2.21. The highest BCUT2D eigenvalue weighted by molar-refractivity contribution is 7.10. The summed E-state index contributed by atoms with van der Waals surface area (Å²) < 4.78 is 0. The Labute approximate surface area is 65.1 Å². The SMILES string of the molecule is Cc1csc([C]2CCC2)n1. The molecule has 0 amide bonds. The molecule has 1 nitrogen and oxygen atoms in total. The Bertz CT molecular complexity index is 225. The third-order valence-corrected chi connectivity index (χ3v) is 2.94. The van der Waals surface area contributed by atoms with E-state index in [9.17, 15) is 0 Å². The first-order chi connectivity index (χ1) is 4.86. The number of hydrogen-bond acceptors (Lipinski definition) is 2. The zero-order valence-corrected chi connectivity index (χ0v) is 6.87. The van der Waals surface area contributed by atoms with Gasteiger partial charge < -0.3 is 0 Å². The molecular weight excluding hydrogens is 142 g/mol. The van der Waals surface area contributed by atoms with Crippen molar-refractivity contribution in [2.24, 2.45) is 0 Å². The van der Waals surface area contributed by atoms with Crippen LogP contribution in [0.25, 0.3) is 0 Å². The minimum atomic E-state index is 1.17. The van der Waals surface area contributed by atoms with E-state index in [0.29, 0.717) is 0 Å². The number of thiazole rings is 1. The molecule has 0 unspecified atom stereocenters. The van der Waals surface area contributed by atoms with Crippen LogP contribution >= 0.6 is 11.3 Å². The molecule has 1 aliphatic carbocycles. The zero-order chi connectivity index (χ0) is 6.97. The highest BCUT2D eigenvalue weighted by Gasteiger charge is 2.22. The van der Waals surface area contributed by atoms with Crippen molar-refractivity contribution in [2.45, 2.75) is 26.2 Å². The largest absolute Gasteiger partial charge is 0.246 e. The Morgan fingerprint density at radius 3 is 2.70 bits per heavy atom. The molecule has 1 aromatic heterocycles. The van der Waals surface area contributed by atoms with Crippen LogP contribution in [-0.4, -0.2) is 4.98 Å². The maximum absolute atomic E-state index is 4.41. The van der Waals surface area contributed by atoms with Gasteiger partial charge in [0.15, 0.2) is 0 Å². The molecule has 1 fully saturated rings. The van der Waals surface area contributed by atoms with Crippen molar-refractivity contribution in [3.05, 3.63) is 22.0 Å². The normalized spacial score (nSPS) is 18.9. The third-order valence-electron chi connectivity index (χ3n) is 1.88. The first kappa shape index (κ1) is 6.35. The van der Waals surface area contributed by atoms with E-state index in [1.165, 1.54) is 30.0 Å². The van der Waals surface area contributed by atoms with Gasteiger partial charge in [-0.05, 0) is 19.8 Å². The second-order valence-corrected chi connectivity index (χ2v) is 3.61. The van der Waals surface area contributed by atoms with Crippen LogP contribution in [0.15, 0.2) is 5.38 Å². The third kappa shape index (κ3) is 0.966. The molecule has 2 rings (SSSR count). The highest BCUT2D eigenvalue weighted by atomic mass is 32.1. The number of hydrogen-bond donors (Lipinski definition) is 0. The second kappa shape index (κ2) is 2.35. The van der Waals surface area contributed by atoms with Crippen LogP contribution in [0.5, 0.6) is 0 Å². The van der Waals surface area contributed by atoms with Gasteiger partial charge in [0, 0.05) is 17.0 Å². The van der Waals surface area contributed by atoms with E-state index in [2.05, 4.69) is 17.3 Å². The van der Waals surface area contributed by atoms with Crippen molar-refractivity contribution in [1.82, 2.24) is 4.98 Å². The molecule has 0 N–H and O–H groups in total. The molecule has 2 heteroatoms. The van der Waals surface area contributed by atoms with Gasteiger partial charge in [-0.3, -0.25) is 0 Å². The molecule has 0 saturated heterocycles.